The van der Waals surface area contributed by atoms with Gasteiger partial charge in [-0.3, -0.25) is 19.2 Å². The Kier molecular flexibility index (Phi) is 12.9. The predicted octanol–water partition coefficient (Wildman–Crippen LogP) is -2.91. The second-order valence-corrected chi connectivity index (χ2v) is 7.96. The summed E-state index contributed by atoms with van der Waals surface area (Å²) < 4.78 is 0. The van der Waals surface area contributed by atoms with Crippen LogP contribution in [-0.2, 0) is 30.4 Å². The Morgan fingerprint density at radius 2 is 1.43 bits per heavy atom. The zero-order chi connectivity index (χ0) is 26.4. The minimum atomic E-state index is -1.49. The van der Waals surface area contributed by atoms with Crippen molar-refractivity contribution in [2.45, 2.75) is 56.3 Å². The summed E-state index contributed by atoms with van der Waals surface area (Å²) in [4.78, 5) is 61.0. The van der Waals surface area contributed by atoms with Crippen molar-refractivity contribution in [1.29, 1.82) is 0 Å². The van der Waals surface area contributed by atoms with Crippen LogP contribution in [0.4, 0.5) is 0 Å². The lowest BCUT2D eigenvalue weighted by atomic mass is 10.0. The second kappa shape index (κ2) is 15.4. The summed E-state index contributed by atoms with van der Waals surface area (Å²) in [6.07, 6.45) is 0.513. The smallest absolute Gasteiger partial charge is 0.326 e. The summed E-state index contributed by atoms with van der Waals surface area (Å²) in [6.45, 7) is -0.295. The van der Waals surface area contributed by atoms with E-state index in [0.29, 0.717) is 24.9 Å². The van der Waals surface area contributed by atoms with E-state index in [1.165, 1.54) is 0 Å². The Hall–Kier alpha value is -3.55. The highest BCUT2D eigenvalue weighted by Crippen LogP contribution is 2.06. The number of aliphatic carboxylic acids is 1. The fraction of sp³-hybridized carbons (Fsp3) is 0.500. The van der Waals surface area contributed by atoms with E-state index >= 15 is 0 Å². The predicted molar refractivity (Wildman–Crippen MR) is 125 cm³/mol. The maximum absolute atomic E-state index is 12.9. The number of primary amides is 1. The molecule has 0 saturated carbocycles. The van der Waals surface area contributed by atoms with Gasteiger partial charge in [-0.1, -0.05) is 30.3 Å². The summed E-state index contributed by atoms with van der Waals surface area (Å²) in [5, 5.41) is 25.7. The van der Waals surface area contributed by atoms with Gasteiger partial charge < -0.3 is 43.4 Å². The maximum atomic E-state index is 12.9. The molecule has 0 saturated heterocycles. The number of carboxylic acids is 1. The van der Waals surface area contributed by atoms with Crippen LogP contribution in [0.25, 0.3) is 0 Å². The standard InChI is InChI=1S/C22H34N6O7/c23-9-5-4-8-15(26-19(31)14(24)12-29)20(32)27-16(11-18(25)30)21(33)28-17(22(34)35)10-13-6-2-1-3-7-13/h1-3,6-7,14-17,29H,4-5,8-12,23-24H2,(H2,25,30)(H,26,31)(H,27,32)(H,28,33)(H,34,35). The van der Waals surface area contributed by atoms with Gasteiger partial charge in [0.15, 0.2) is 0 Å². The number of carbonyl (C=O) groups excluding carboxylic acids is 4. The lowest BCUT2D eigenvalue weighted by Gasteiger charge is -2.24. The lowest BCUT2D eigenvalue weighted by molar-refractivity contribution is -0.142. The molecule has 0 bridgehead atoms. The molecule has 1 aromatic rings. The molecule has 1 aromatic carbocycles. The molecule has 0 spiro atoms. The molecule has 4 amide bonds. The number of nitrogens with one attached hydrogen (secondary N) is 3. The Labute approximate surface area is 202 Å². The summed E-state index contributed by atoms with van der Waals surface area (Å²) >= 11 is 0. The van der Waals surface area contributed by atoms with Crippen LogP contribution in [-0.4, -0.2) is 77.1 Å². The van der Waals surface area contributed by atoms with E-state index in [0.717, 1.165) is 0 Å². The van der Waals surface area contributed by atoms with Crippen LogP contribution in [0.2, 0.25) is 0 Å². The van der Waals surface area contributed by atoms with Gasteiger partial charge in [0.05, 0.1) is 13.0 Å². The number of aliphatic hydroxyl groups is 1. The van der Waals surface area contributed by atoms with Crippen molar-refractivity contribution >= 4 is 29.6 Å². The summed E-state index contributed by atoms with van der Waals surface area (Å²) in [7, 11) is 0. The SMILES string of the molecule is NCCCCC(NC(=O)C(N)CO)C(=O)NC(CC(N)=O)C(=O)NC(Cc1ccccc1)C(=O)O. The first kappa shape index (κ1) is 29.5. The van der Waals surface area contributed by atoms with Gasteiger partial charge in [0.25, 0.3) is 0 Å². The van der Waals surface area contributed by atoms with Crippen LogP contribution in [0.1, 0.15) is 31.2 Å². The summed E-state index contributed by atoms with van der Waals surface area (Å²) in [5.41, 5.74) is 16.8. The summed E-state index contributed by atoms with van der Waals surface area (Å²) in [6, 6.07) is 3.34. The number of amides is 4. The monoisotopic (exact) mass is 494 g/mol. The zero-order valence-corrected chi connectivity index (χ0v) is 19.3. The molecule has 0 radical (unpaired) electrons. The molecule has 0 fully saturated rings. The van der Waals surface area contributed by atoms with Crippen molar-refractivity contribution in [1.82, 2.24) is 16.0 Å². The third kappa shape index (κ3) is 10.9. The van der Waals surface area contributed by atoms with Gasteiger partial charge in [-0.15, -0.1) is 0 Å². The van der Waals surface area contributed by atoms with Gasteiger partial charge >= 0.3 is 5.97 Å². The van der Waals surface area contributed by atoms with Crippen molar-refractivity contribution in [3.05, 3.63) is 35.9 Å². The van der Waals surface area contributed by atoms with Gasteiger partial charge in [-0.05, 0) is 31.4 Å². The molecule has 0 aliphatic carbocycles. The van der Waals surface area contributed by atoms with Crippen molar-refractivity contribution in [2.24, 2.45) is 17.2 Å². The largest absolute Gasteiger partial charge is 0.480 e. The van der Waals surface area contributed by atoms with Crippen LogP contribution >= 0.6 is 0 Å². The van der Waals surface area contributed by atoms with E-state index < -0.39 is 66.8 Å². The first-order valence-corrected chi connectivity index (χ1v) is 11.1. The zero-order valence-electron chi connectivity index (χ0n) is 19.3. The molecule has 0 aliphatic heterocycles. The van der Waals surface area contributed by atoms with Crippen LogP contribution in [0.3, 0.4) is 0 Å². The molecule has 4 unspecified atom stereocenters. The number of rotatable bonds is 16. The quantitative estimate of drug-likeness (QED) is 0.110. The Morgan fingerprint density at radius 3 is 1.97 bits per heavy atom. The Bertz CT molecular complexity index is 867. The Morgan fingerprint density at radius 1 is 0.857 bits per heavy atom. The number of unbranched alkanes of at least 4 members (excludes halogenated alkanes) is 1. The van der Waals surface area contributed by atoms with Gasteiger partial charge in [-0.25, -0.2) is 4.79 Å². The van der Waals surface area contributed by atoms with Crippen molar-refractivity contribution in [3.63, 3.8) is 0 Å². The average molecular weight is 495 g/mol. The molecule has 1 rings (SSSR count). The third-order valence-electron chi connectivity index (χ3n) is 5.05. The van der Waals surface area contributed by atoms with E-state index in [1.807, 2.05) is 0 Å². The van der Waals surface area contributed by atoms with Gasteiger partial charge in [0.1, 0.15) is 24.2 Å². The fourth-order valence-corrected chi connectivity index (χ4v) is 3.13. The minimum absolute atomic E-state index is 0.0318. The average Bonchev–Trinajstić information content (AvgIpc) is 2.82. The number of carbonyl (C=O) groups is 5. The first-order valence-electron chi connectivity index (χ1n) is 11.1. The van der Waals surface area contributed by atoms with E-state index in [4.69, 9.17) is 22.3 Å². The number of hydrogen-bond donors (Lipinski definition) is 8. The number of benzene rings is 1. The van der Waals surface area contributed by atoms with E-state index in [2.05, 4.69) is 16.0 Å². The maximum Gasteiger partial charge on any atom is 0.326 e. The lowest BCUT2D eigenvalue weighted by Crippen LogP contribution is -2.58. The molecule has 4 atom stereocenters. The van der Waals surface area contributed by atoms with Crippen molar-refractivity contribution in [2.75, 3.05) is 13.2 Å². The Balaban J connectivity index is 2.99. The van der Waals surface area contributed by atoms with Crippen LogP contribution < -0.4 is 33.2 Å². The highest BCUT2D eigenvalue weighted by molar-refractivity contribution is 5.96. The normalized spacial score (nSPS) is 14.1. The molecule has 0 aliphatic rings. The van der Waals surface area contributed by atoms with Gasteiger partial charge in [-0.2, -0.15) is 0 Å². The second-order valence-electron chi connectivity index (χ2n) is 7.96. The number of aliphatic hydroxyl groups excluding tert-OH is 1. The molecule has 13 heteroatoms. The van der Waals surface area contributed by atoms with Crippen molar-refractivity contribution < 1.29 is 34.2 Å². The summed E-state index contributed by atoms with van der Waals surface area (Å²) in [5.74, 6) is -4.75. The molecular formula is C22H34N6O7. The number of nitrogens with two attached hydrogens (primary N) is 3. The minimum Gasteiger partial charge on any atom is -0.480 e. The van der Waals surface area contributed by atoms with E-state index in [1.54, 1.807) is 30.3 Å². The molecule has 194 valence electrons. The molecule has 13 nitrogen and oxygen atoms in total. The highest BCUT2D eigenvalue weighted by Gasteiger charge is 2.31. The topological polar surface area (TPSA) is 240 Å². The molecular weight excluding hydrogens is 460 g/mol. The molecule has 11 N–H and O–H groups in total. The fourth-order valence-electron chi connectivity index (χ4n) is 3.13. The van der Waals surface area contributed by atoms with Gasteiger partial charge in [0.2, 0.25) is 23.6 Å². The van der Waals surface area contributed by atoms with E-state index in [-0.39, 0.29) is 12.8 Å². The van der Waals surface area contributed by atoms with Crippen molar-refractivity contribution in [3.8, 4) is 0 Å². The van der Waals surface area contributed by atoms with E-state index in [9.17, 15) is 29.1 Å². The third-order valence-corrected chi connectivity index (χ3v) is 5.05. The van der Waals surface area contributed by atoms with Crippen LogP contribution in [0.5, 0.6) is 0 Å². The molecule has 35 heavy (non-hydrogen) atoms. The molecule has 0 aromatic heterocycles. The number of carboxylic acid groups (broad SMARTS) is 1. The van der Waals surface area contributed by atoms with Crippen LogP contribution in [0.15, 0.2) is 30.3 Å². The van der Waals surface area contributed by atoms with Gasteiger partial charge in [0, 0.05) is 6.42 Å². The number of hydrogen-bond acceptors (Lipinski definition) is 8. The first-order chi connectivity index (χ1) is 16.6. The van der Waals surface area contributed by atoms with Crippen LogP contribution in [0, 0.1) is 0 Å². The highest BCUT2D eigenvalue weighted by atomic mass is 16.4. The molecule has 0 heterocycles.